The van der Waals surface area contributed by atoms with Gasteiger partial charge in [-0.3, -0.25) is 0 Å². The van der Waals surface area contributed by atoms with Gasteiger partial charge in [-0.15, -0.1) is 0 Å². The third-order valence-corrected chi connectivity index (χ3v) is 1.89. The highest BCUT2D eigenvalue weighted by molar-refractivity contribution is 5.78. The van der Waals surface area contributed by atoms with Crippen molar-refractivity contribution in [1.82, 2.24) is 0 Å². The van der Waals surface area contributed by atoms with Gasteiger partial charge in [0.2, 0.25) is 0 Å². The minimum absolute atomic E-state index is 0.00579. The summed E-state index contributed by atoms with van der Waals surface area (Å²) >= 11 is 0. The summed E-state index contributed by atoms with van der Waals surface area (Å²) in [6, 6.07) is 0.00579. The Labute approximate surface area is 60.6 Å². The molecule has 0 radical (unpaired) electrons. The Morgan fingerprint density at radius 2 is 2.30 bits per heavy atom. The topological polar surface area (TPSA) is 75.9 Å². The summed E-state index contributed by atoms with van der Waals surface area (Å²) in [4.78, 5) is 0. The summed E-state index contributed by atoms with van der Waals surface area (Å²) in [5, 5.41) is 7.02. The molecule has 0 amide bonds. The molecule has 3 heteroatoms. The molecule has 0 aromatic rings. The highest BCUT2D eigenvalue weighted by atomic mass is 14.7. The van der Waals surface area contributed by atoms with Crippen LogP contribution in [0.1, 0.15) is 19.3 Å². The number of hydrogen-bond acceptors (Lipinski definition) is 3. The second-order valence-corrected chi connectivity index (χ2v) is 2.62. The minimum Gasteiger partial charge on any atom is -0.402 e. The van der Waals surface area contributed by atoms with E-state index in [2.05, 4.69) is 0 Å². The van der Waals surface area contributed by atoms with Gasteiger partial charge in [0.05, 0.1) is 0 Å². The number of allylic oxidation sites excluding steroid dienone is 1. The SMILES string of the molecule is N=CC1=C(N)CCCC1N. The molecule has 0 spiro atoms. The van der Waals surface area contributed by atoms with E-state index < -0.39 is 0 Å². The molecule has 0 saturated heterocycles. The molecule has 5 N–H and O–H groups in total. The fraction of sp³-hybridized carbons (Fsp3) is 0.571. The van der Waals surface area contributed by atoms with Gasteiger partial charge in [0.1, 0.15) is 0 Å². The lowest BCUT2D eigenvalue weighted by atomic mass is 9.93. The molecule has 0 heterocycles. The fourth-order valence-electron chi connectivity index (χ4n) is 1.25. The predicted molar refractivity (Wildman–Crippen MR) is 41.8 cm³/mol. The molecule has 0 bridgehead atoms. The van der Waals surface area contributed by atoms with Crippen LogP contribution in [0, 0.1) is 5.41 Å². The molecule has 0 aliphatic heterocycles. The summed E-state index contributed by atoms with van der Waals surface area (Å²) in [6.07, 6.45) is 4.20. The number of nitrogens with two attached hydrogens (primary N) is 2. The zero-order valence-corrected chi connectivity index (χ0v) is 5.93. The Hall–Kier alpha value is -0.830. The van der Waals surface area contributed by atoms with E-state index in [1.54, 1.807) is 0 Å². The van der Waals surface area contributed by atoms with Crippen LogP contribution in [0.25, 0.3) is 0 Å². The molecule has 10 heavy (non-hydrogen) atoms. The Kier molecular flexibility index (Phi) is 2.06. The standard InChI is InChI=1S/C7H13N3/c8-4-5-6(9)2-1-3-7(5)10/h4,6,8H,1-3,9-10H2. The normalized spacial score (nSPS) is 26.7. The van der Waals surface area contributed by atoms with E-state index in [9.17, 15) is 0 Å². The van der Waals surface area contributed by atoms with E-state index in [1.807, 2.05) is 0 Å². The van der Waals surface area contributed by atoms with Crippen LogP contribution >= 0.6 is 0 Å². The van der Waals surface area contributed by atoms with Gasteiger partial charge in [0, 0.05) is 23.5 Å². The number of nitrogens with one attached hydrogen (secondary N) is 1. The first-order valence-corrected chi connectivity index (χ1v) is 3.50. The Balaban J connectivity index is 2.83. The Morgan fingerprint density at radius 3 is 2.70 bits per heavy atom. The second kappa shape index (κ2) is 2.84. The van der Waals surface area contributed by atoms with Gasteiger partial charge in [-0.25, -0.2) is 0 Å². The van der Waals surface area contributed by atoms with E-state index in [0.717, 1.165) is 30.5 Å². The van der Waals surface area contributed by atoms with E-state index in [-0.39, 0.29) is 6.04 Å². The molecule has 1 atom stereocenters. The molecule has 1 aliphatic carbocycles. The first-order valence-electron chi connectivity index (χ1n) is 3.50. The maximum atomic E-state index is 7.02. The third kappa shape index (κ3) is 1.19. The number of hydrogen-bond donors (Lipinski definition) is 3. The van der Waals surface area contributed by atoms with Crippen LogP contribution < -0.4 is 11.5 Å². The summed E-state index contributed by atoms with van der Waals surface area (Å²) in [5.41, 5.74) is 12.9. The summed E-state index contributed by atoms with van der Waals surface area (Å²) in [5.74, 6) is 0. The highest BCUT2D eigenvalue weighted by Crippen LogP contribution is 2.18. The molecular weight excluding hydrogens is 126 g/mol. The summed E-state index contributed by atoms with van der Waals surface area (Å²) < 4.78 is 0. The molecule has 0 aromatic heterocycles. The van der Waals surface area contributed by atoms with Crippen LogP contribution in [0.2, 0.25) is 0 Å². The van der Waals surface area contributed by atoms with Crippen molar-refractivity contribution in [1.29, 1.82) is 5.41 Å². The zero-order chi connectivity index (χ0) is 7.56. The van der Waals surface area contributed by atoms with Gasteiger partial charge in [-0.1, -0.05) is 0 Å². The van der Waals surface area contributed by atoms with Crippen molar-refractivity contribution in [3.05, 3.63) is 11.3 Å². The molecular formula is C7H13N3. The molecule has 0 fully saturated rings. The van der Waals surface area contributed by atoms with Gasteiger partial charge in [-0.2, -0.15) is 0 Å². The third-order valence-electron chi connectivity index (χ3n) is 1.89. The lowest BCUT2D eigenvalue weighted by Crippen LogP contribution is -2.29. The van der Waals surface area contributed by atoms with Crippen molar-refractivity contribution < 1.29 is 0 Å². The van der Waals surface area contributed by atoms with Gasteiger partial charge in [0.25, 0.3) is 0 Å². The first kappa shape index (κ1) is 7.28. The van der Waals surface area contributed by atoms with Crippen molar-refractivity contribution in [2.24, 2.45) is 11.5 Å². The van der Waals surface area contributed by atoms with Crippen LogP contribution in [-0.4, -0.2) is 12.3 Å². The van der Waals surface area contributed by atoms with Crippen molar-refractivity contribution in [3.63, 3.8) is 0 Å². The van der Waals surface area contributed by atoms with Crippen LogP contribution in [0.3, 0.4) is 0 Å². The van der Waals surface area contributed by atoms with Crippen LogP contribution in [0.4, 0.5) is 0 Å². The molecule has 1 rings (SSSR count). The monoisotopic (exact) mass is 139 g/mol. The van der Waals surface area contributed by atoms with Crippen LogP contribution in [0.15, 0.2) is 11.3 Å². The highest BCUT2D eigenvalue weighted by Gasteiger charge is 2.15. The largest absolute Gasteiger partial charge is 0.402 e. The minimum atomic E-state index is 0.00579. The van der Waals surface area contributed by atoms with E-state index in [1.165, 1.54) is 6.21 Å². The van der Waals surface area contributed by atoms with E-state index >= 15 is 0 Å². The molecule has 0 aromatic carbocycles. The summed E-state index contributed by atoms with van der Waals surface area (Å²) in [6.45, 7) is 0. The first-order chi connectivity index (χ1) is 4.75. The molecule has 1 aliphatic rings. The van der Waals surface area contributed by atoms with Crippen molar-refractivity contribution in [2.75, 3.05) is 0 Å². The lowest BCUT2D eigenvalue weighted by Gasteiger charge is -2.20. The molecule has 3 nitrogen and oxygen atoms in total. The average Bonchev–Trinajstić information content (AvgIpc) is 1.88. The van der Waals surface area contributed by atoms with Gasteiger partial charge < -0.3 is 16.9 Å². The maximum absolute atomic E-state index is 7.02. The van der Waals surface area contributed by atoms with E-state index in [0.29, 0.717) is 0 Å². The second-order valence-electron chi connectivity index (χ2n) is 2.62. The van der Waals surface area contributed by atoms with Gasteiger partial charge >= 0.3 is 0 Å². The van der Waals surface area contributed by atoms with Crippen LogP contribution in [0.5, 0.6) is 0 Å². The van der Waals surface area contributed by atoms with Gasteiger partial charge in [0.15, 0.2) is 0 Å². The molecule has 0 saturated carbocycles. The van der Waals surface area contributed by atoms with Crippen molar-refractivity contribution in [2.45, 2.75) is 25.3 Å². The average molecular weight is 139 g/mol. The molecule has 56 valence electrons. The quantitative estimate of drug-likeness (QED) is 0.459. The Morgan fingerprint density at radius 1 is 1.60 bits per heavy atom. The number of rotatable bonds is 1. The maximum Gasteiger partial charge on any atom is 0.0327 e. The zero-order valence-electron chi connectivity index (χ0n) is 5.93. The fourth-order valence-corrected chi connectivity index (χ4v) is 1.25. The predicted octanol–water partition coefficient (Wildman–Crippen LogP) is 0.360. The van der Waals surface area contributed by atoms with Crippen molar-refractivity contribution >= 4 is 6.21 Å². The smallest absolute Gasteiger partial charge is 0.0327 e. The molecule has 1 unspecified atom stereocenters. The Bertz CT molecular complexity index is 172. The van der Waals surface area contributed by atoms with Crippen LogP contribution in [-0.2, 0) is 0 Å². The lowest BCUT2D eigenvalue weighted by molar-refractivity contribution is 0.608. The van der Waals surface area contributed by atoms with Gasteiger partial charge in [-0.05, 0) is 19.3 Å². The van der Waals surface area contributed by atoms with Crippen molar-refractivity contribution in [3.8, 4) is 0 Å². The summed E-state index contributed by atoms with van der Waals surface area (Å²) in [7, 11) is 0. The van der Waals surface area contributed by atoms with E-state index in [4.69, 9.17) is 16.9 Å².